The maximum absolute atomic E-state index is 5.20. The molecule has 0 saturated carbocycles. The Labute approximate surface area is 653 Å². The molecule has 0 bridgehead atoms. The normalized spacial score (nSPS) is 11.6. The molecule has 22 rings (SSSR count). The topological polar surface area (TPSA) is 87.2 Å². The minimum Gasteiger partial charge on any atom is -0.309 e. The van der Waals surface area contributed by atoms with Crippen LogP contribution in [0, 0.1) is 0 Å². The van der Waals surface area contributed by atoms with E-state index in [0.29, 0.717) is 34.9 Å². The predicted octanol–water partition coefficient (Wildman–Crippen LogP) is 27.3. The lowest BCUT2D eigenvalue weighted by atomic mass is 9.98. The molecule has 0 N–H and O–H groups in total. The monoisotopic (exact) mass is 1460 g/mol. The quantitative estimate of drug-likeness (QED) is 0.121. The van der Waals surface area contributed by atoms with Crippen LogP contribution in [0.1, 0.15) is 0 Å². The maximum atomic E-state index is 5.20. The summed E-state index contributed by atoms with van der Waals surface area (Å²) in [6, 6.07) is 137. The van der Waals surface area contributed by atoms with Crippen molar-refractivity contribution in [3.05, 3.63) is 388 Å². The van der Waals surface area contributed by atoms with Gasteiger partial charge in [-0.25, -0.2) is 29.9 Å². The SMILES string of the molecule is c1ccc(-c2cc(-c3nc(-c4ccccc4)nc(-c4ccccc4)n3)cc(-n3c4ccccc4c4ccc(-c5cccc6c5sc5ccccc56)cc43)c2)cc1.c1ccc(-c2nc(-c3ccccc3)nc(-c3cc(-n4c5ccccc5c5ccc(-c6cccc7c6sc6ccccc67)cc54)ccc3-c3ccccc3)n2)cc1. The van der Waals surface area contributed by atoms with Crippen LogP contribution < -0.4 is 0 Å². The van der Waals surface area contributed by atoms with E-state index in [-0.39, 0.29) is 0 Å². The number of hydrogen-bond donors (Lipinski definition) is 0. The van der Waals surface area contributed by atoms with Gasteiger partial charge in [-0.1, -0.05) is 322 Å². The van der Waals surface area contributed by atoms with Crippen LogP contribution in [0.2, 0.25) is 0 Å². The standard InChI is InChI=1S/2C51H32N4S/c1-4-15-33(16-5-1)38-30-28-37(32-44(38)51-53-49(34-17-6-2-7-18-34)52-50(54-51)35-19-8-3-9-20-35)55-45-25-12-10-21-40(45)41-29-27-36(31-46(41)55)39-23-14-24-43-42-22-11-13-26-47(42)56-48(39)43;1-4-15-33(16-5-1)37-29-38(51-53-49(34-17-6-2-7-18-34)52-50(54-51)35-19-8-3-9-20-35)31-39(30-37)55-45-25-12-10-21-41(45)42-28-27-36(32-46(42)55)40-23-14-24-44-43-22-11-13-26-47(43)56-48(40)44/h2*1-32H. The number of aromatic nitrogens is 8. The molecule has 16 aromatic carbocycles. The van der Waals surface area contributed by atoms with Crippen LogP contribution in [0.4, 0.5) is 0 Å². The first kappa shape index (κ1) is 65.8. The molecule has 6 heterocycles. The van der Waals surface area contributed by atoms with Gasteiger partial charge in [0.2, 0.25) is 0 Å². The Morgan fingerprint density at radius 3 is 0.973 bits per heavy atom. The smallest absolute Gasteiger partial charge is 0.164 e. The summed E-state index contributed by atoms with van der Waals surface area (Å²) in [4.78, 5) is 30.7. The second kappa shape index (κ2) is 28.0. The van der Waals surface area contributed by atoms with Gasteiger partial charge in [0, 0.05) is 107 Å². The Hall–Kier alpha value is -14.4. The van der Waals surface area contributed by atoms with E-state index in [1.54, 1.807) is 0 Å². The van der Waals surface area contributed by atoms with E-state index in [9.17, 15) is 0 Å². The number of fused-ring (bicyclic) bond motifs is 12. The molecule has 6 aromatic heterocycles. The van der Waals surface area contributed by atoms with Gasteiger partial charge in [0.05, 0.1) is 22.1 Å². The maximum Gasteiger partial charge on any atom is 0.164 e. The van der Waals surface area contributed by atoms with Crippen LogP contribution in [-0.4, -0.2) is 39.0 Å². The second-order valence-corrected chi connectivity index (χ2v) is 30.1. The number of benzene rings is 16. The molecule has 0 aliphatic heterocycles. The van der Waals surface area contributed by atoms with E-state index in [1.807, 2.05) is 95.5 Å². The Balaban J connectivity index is 0.000000141. The summed E-state index contributed by atoms with van der Waals surface area (Å²) in [5, 5.41) is 10.0. The van der Waals surface area contributed by atoms with E-state index < -0.39 is 0 Å². The van der Waals surface area contributed by atoms with E-state index in [4.69, 9.17) is 29.9 Å². The number of para-hydroxylation sites is 2. The van der Waals surface area contributed by atoms with Gasteiger partial charge >= 0.3 is 0 Å². The fraction of sp³-hybridized carbons (Fsp3) is 0. The fourth-order valence-corrected chi connectivity index (χ4v) is 18.5. The van der Waals surface area contributed by atoms with Crippen LogP contribution in [0.15, 0.2) is 388 Å². The Kier molecular flexibility index (Phi) is 16.4. The Bertz CT molecular complexity index is 7250. The molecule has 0 fully saturated rings. The van der Waals surface area contributed by atoms with Crippen molar-refractivity contribution in [3.8, 4) is 124 Å². The third-order valence-corrected chi connectivity index (χ3v) is 23.7. The zero-order valence-electron chi connectivity index (χ0n) is 60.3. The molecule has 10 heteroatoms. The lowest BCUT2D eigenvalue weighted by Gasteiger charge is -2.16. The molecule has 0 amide bonds. The van der Waals surface area contributed by atoms with Crippen molar-refractivity contribution in [2.45, 2.75) is 0 Å². The van der Waals surface area contributed by atoms with Gasteiger partial charge in [-0.2, -0.15) is 0 Å². The molecule has 0 aliphatic rings. The first-order chi connectivity index (χ1) is 55.5. The summed E-state index contributed by atoms with van der Waals surface area (Å²) in [5.74, 6) is 3.79. The van der Waals surface area contributed by atoms with Gasteiger partial charge in [0.25, 0.3) is 0 Å². The van der Waals surface area contributed by atoms with Crippen molar-refractivity contribution in [1.29, 1.82) is 0 Å². The first-order valence-electron chi connectivity index (χ1n) is 37.5. The summed E-state index contributed by atoms with van der Waals surface area (Å²) < 4.78 is 10.0. The summed E-state index contributed by atoms with van der Waals surface area (Å²) in [6.07, 6.45) is 0. The van der Waals surface area contributed by atoms with Crippen LogP contribution >= 0.6 is 22.7 Å². The van der Waals surface area contributed by atoms with Gasteiger partial charge in [-0.05, 0) is 111 Å². The number of rotatable bonds is 12. The average molecular weight is 1470 g/mol. The molecule has 0 unspecified atom stereocenters. The number of thiophene rings is 2. The highest BCUT2D eigenvalue weighted by Crippen LogP contribution is 2.46. The third-order valence-electron chi connectivity index (χ3n) is 21.3. The molecule has 0 spiro atoms. The van der Waals surface area contributed by atoms with Crippen molar-refractivity contribution in [2.75, 3.05) is 0 Å². The lowest BCUT2D eigenvalue weighted by molar-refractivity contribution is 1.07. The van der Waals surface area contributed by atoms with E-state index in [1.165, 1.54) is 84.1 Å². The summed E-state index contributed by atoms with van der Waals surface area (Å²) in [7, 11) is 0. The van der Waals surface area contributed by atoms with Crippen molar-refractivity contribution < 1.29 is 0 Å². The highest BCUT2D eigenvalue weighted by molar-refractivity contribution is 7.26. The second-order valence-electron chi connectivity index (χ2n) is 28.0. The number of nitrogens with zero attached hydrogens (tertiary/aromatic N) is 8. The molecule has 22 aromatic rings. The van der Waals surface area contributed by atoms with E-state index in [2.05, 4.69) is 325 Å². The lowest BCUT2D eigenvalue weighted by Crippen LogP contribution is -2.02. The van der Waals surface area contributed by atoms with Gasteiger partial charge in [-0.15, -0.1) is 22.7 Å². The van der Waals surface area contributed by atoms with Crippen molar-refractivity contribution in [2.24, 2.45) is 0 Å². The molecule has 524 valence electrons. The van der Waals surface area contributed by atoms with Gasteiger partial charge in [-0.3, -0.25) is 0 Å². The van der Waals surface area contributed by atoms with E-state index in [0.717, 1.165) is 89.1 Å². The average Bonchev–Trinajstić information content (AvgIpc) is 1.58. The predicted molar refractivity (Wildman–Crippen MR) is 468 cm³/mol. The van der Waals surface area contributed by atoms with Crippen LogP contribution in [0.25, 0.3) is 208 Å². The van der Waals surface area contributed by atoms with Crippen molar-refractivity contribution in [3.63, 3.8) is 0 Å². The van der Waals surface area contributed by atoms with Crippen molar-refractivity contribution in [1.82, 2.24) is 39.0 Å². The van der Waals surface area contributed by atoms with Crippen molar-refractivity contribution >= 4 is 107 Å². The van der Waals surface area contributed by atoms with Gasteiger partial charge in [0.15, 0.2) is 34.9 Å². The largest absolute Gasteiger partial charge is 0.309 e. The molecule has 8 nitrogen and oxygen atoms in total. The summed E-state index contributed by atoms with van der Waals surface area (Å²) in [5.41, 5.74) is 21.5. The molecule has 0 saturated heterocycles. The molecule has 112 heavy (non-hydrogen) atoms. The van der Waals surface area contributed by atoms with Crippen LogP contribution in [-0.2, 0) is 0 Å². The van der Waals surface area contributed by atoms with E-state index >= 15 is 0 Å². The molecule has 0 aliphatic carbocycles. The molecule has 0 radical (unpaired) electrons. The zero-order chi connectivity index (χ0) is 74.0. The highest BCUT2D eigenvalue weighted by Gasteiger charge is 2.24. The summed E-state index contributed by atoms with van der Waals surface area (Å²) in [6.45, 7) is 0. The van der Waals surface area contributed by atoms with Crippen LogP contribution in [0.3, 0.4) is 0 Å². The Morgan fingerprint density at radius 2 is 0.518 bits per heavy atom. The first-order valence-corrected chi connectivity index (χ1v) is 39.2. The zero-order valence-corrected chi connectivity index (χ0v) is 62.0. The Morgan fingerprint density at radius 1 is 0.170 bits per heavy atom. The van der Waals surface area contributed by atoms with Gasteiger partial charge < -0.3 is 9.13 Å². The summed E-state index contributed by atoms with van der Waals surface area (Å²) >= 11 is 3.73. The molecular formula is C102H64N8S2. The third kappa shape index (κ3) is 11.9. The number of hydrogen-bond acceptors (Lipinski definition) is 8. The fourth-order valence-electron chi connectivity index (χ4n) is 16.0. The highest BCUT2D eigenvalue weighted by atomic mass is 32.1. The minimum atomic E-state index is 0.620. The van der Waals surface area contributed by atoms with Crippen LogP contribution in [0.5, 0.6) is 0 Å². The minimum absolute atomic E-state index is 0.620. The van der Waals surface area contributed by atoms with Gasteiger partial charge in [0.1, 0.15) is 0 Å². The molecule has 0 atom stereocenters. The molecular weight excluding hydrogens is 1400 g/mol.